The van der Waals surface area contributed by atoms with Gasteiger partial charge in [0.25, 0.3) is 5.91 Å². The van der Waals surface area contributed by atoms with E-state index in [1.807, 2.05) is 39.0 Å². The molecule has 0 aliphatic carbocycles. The SMILES string of the molecule is CCCNC(=O)/C(C#N)=C/c1cnn(-c2cc(C)cc(C)c2)n1. The number of hydrogen-bond acceptors (Lipinski definition) is 4. The Balaban J connectivity index is 2.26. The summed E-state index contributed by atoms with van der Waals surface area (Å²) < 4.78 is 0. The maximum absolute atomic E-state index is 11.8. The Morgan fingerprint density at radius 1 is 1.35 bits per heavy atom. The Hall–Kier alpha value is -2.94. The van der Waals surface area contributed by atoms with Gasteiger partial charge in [-0.1, -0.05) is 13.0 Å². The minimum atomic E-state index is -0.393. The van der Waals surface area contributed by atoms with Crippen LogP contribution in [0.3, 0.4) is 0 Å². The standard InChI is InChI=1S/C17H19N5O/c1-4-5-19-17(23)14(10-18)9-15-11-20-22(21-15)16-7-12(2)6-13(3)8-16/h6-9,11H,4-5H2,1-3H3,(H,19,23)/b14-9+. The molecule has 1 N–H and O–H groups in total. The van der Waals surface area contributed by atoms with Crippen LogP contribution in [-0.4, -0.2) is 27.4 Å². The van der Waals surface area contributed by atoms with E-state index in [0.717, 1.165) is 23.2 Å². The summed E-state index contributed by atoms with van der Waals surface area (Å²) in [5, 5.41) is 20.3. The number of carbonyl (C=O) groups is 1. The monoisotopic (exact) mass is 309 g/mol. The quantitative estimate of drug-likeness (QED) is 0.678. The van der Waals surface area contributed by atoms with Crippen LogP contribution in [0.4, 0.5) is 0 Å². The Kier molecular flexibility index (Phi) is 5.26. The van der Waals surface area contributed by atoms with E-state index in [-0.39, 0.29) is 5.57 Å². The molecular weight excluding hydrogens is 290 g/mol. The van der Waals surface area contributed by atoms with E-state index in [9.17, 15) is 4.79 Å². The Morgan fingerprint density at radius 3 is 2.65 bits per heavy atom. The number of hydrogen-bond donors (Lipinski definition) is 1. The van der Waals surface area contributed by atoms with Crippen molar-refractivity contribution in [3.63, 3.8) is 0 Å². The van der Waals surface area contributed by atoms with E-state index in [2.05, 4.69) is 21.6 Å². The summed E-state index contributed by atoms with van der Waals surface area (Å²) in [5.74, 6) is -0.393. The number of carbonyl (C=O) groups excluding carboxylic acids is 1. The number of amides is 1. The van der Waals surface area contributed by atoms with Gasteiger partial charge in [-0.3, -0.25) is 4.79 Å². The lowest BCUT2D eigenvalue weighted by atomic mass is 10.1. The van der Waals surface area contributed by atoms with Gasteiger partial charge in [-0.15, -0.1) is 5.10 Å². The second-order valence-corrected chi connectivity index (χ2v) is 5.33. The molecule has 1 aromatic carbocycles. The van der Waals surface area contributed by atoms with E-state index in [0.29, 0.717) is 12.2 Å². The van der Waals surface area contributed by atoms with Crippen molar-refractivity contribution in [1.82, 2.24) is 20.3 Å². The molecule has 23 heavy (non-hydrogen) atoms. The molecule has 6 nitrogen and oxygen atoms in total. The maximum Gasteiger partial charge on any atom is 0.262 e. The van der Waals surface area contributed by atoms with Crippen LogP contribution >= 0.6 is 0 Å². The predicted molar refractivity (Wildman–Crippen MR) is 87.7 cm³/mol. The Bertz CT molecular complexity index is 762. The highest BCUT2D eigenvalue weighted by molar-refractivity contribution is 6.01. The van der Waals surface area contributed by atoms with Crippen molar-refractivity contribution in [1.29, 1.82) is 5.26 Å². The van der Waals surface area contributed by atoms with Crippen LogP contribution in [0.2, 0.25) is 0 Å². The van der Waals surface area contributed by atoms with Gasteiger partial charge in [0, 0.05) is 6.54 Å². The number of aromatic nitrogens is 3. The molecular formula is C17H19N5O. The van der Waals surface area contributed by atoms with Crippen LogP contribution < -0.4 is 5.32 Å². The first-order valence-electron chi connectivity index (χ1n) is 7.44. The molecule has 0 aliphatic heterocycles. The molecule has 118 valence electrons. The number of nitrogens with zero attached hydrogens (tertiary/aromatic N) is 4. The molecule has 0 unspecified atom stereocenters. The fourth-order valence-electron chi connectivity index (χ4n) is 2.16. The van der Waals surface area contributed by atoms with Gasteiger partial charge in [-0.05, 0) is 49.6 Å². The largest absolute Gasteiger partial charge is 0.351 e. The van der Waals surface area contributed by atoms with Crippen molar-refractivity contribution in [2.45, 2.75) is 27.2 Å². The summed E-state index contributed by atoms with van der Waals surface area (Å²) in [7, 11) is 0. The molecule has 0 atom stereocenters. The molecule has 0 saturated heterocycles. The number of nitrogens with one attached hydrogen (secondary N) is 1. The number of rotatable bonds is 5. The highest BCUT2D eigenvalue weighted by Crippen LogP contribution is 2.13. The van der Waals surface area contributed by atoms with Crippen LogP contribution in [0.25, 0.3) is 11.8 Å². The first-order valence-corrected chi connectivity index (χ1v) is 7.44. The van der Waals surface area contributed by atoms with Gasteiger partial charge in [-0.2, -0.15) is 15.2 Å². The first-order chi connectivity index (χ1) is 11.0. The van der Waals surface area contributed by atoms with Gasteiger partial charge in [0.05, 0.1) is 11.9 Å². The van der Waals surface area contributed by atoms with Gasteiger partial charge in [0.1, 0.15) is 17.3 Å². The number of nitriles is 1. The maximum atomic E-state index is 11.8. The molecule has 0 aliphatic rings. The lowest BCUT2D eigenvalue weighted by Gasteiger charge is -2.03. The summed E-state index contributed by atoms with van der Waals surface area (Å²) in [4.78, 5) is 13.3. The number of benzene rings is 1. The molecule has 6 heteroatoms. The Morgan fingerprint density at radius 2 is 2.04 bits per heavy atom. The van der Waals surface area contributed by atoms with Crippen molar-refractivity contribution in [2.24, 2.45) is 0 Å². The molecule has 1 aromatic heterocycles. The molecule has 0 radical (unpaired) electrons. The second kappa shape index (κ2) is 7.36. The third-order valence-corrected chi connectivity index (χ3v) is 3.14. The summed E-state index contributed by atoms with van der Waals surface area (Å²) in [5.41, 5.74) is 3.56. The molecule has 2 rings (SSSR count). The molecule has 1 heterocycles. The molecule has 0 saturated carbocycles. The minimum Gasteiger partial charge on any atom is -0.351 e. The van der Waals surface area contributed by atoms with Crippen LogP contribution in [0.5, 0.6) is 0 Å². The van der Waals surface area contributed by atoms with Gasteiger partial charge in [0.15, 0.2) is 0 Å². The van der Waals surface area contributed by atoms with E-state index < -0.39 is 5.91 Å². The zero-order valence-electron chi connectivity index (χ0n) is 13.5. The topological polar surface area (TPSA) is 83.6 Å². The average molecular weight is 309 g/mol. The highest BCUT2D eigenvalue weighted by Gasteiger charge is 2.10. The normalized spacial score (nSPS) is 11.1. The minimum absolute atomic E-state index is 0.0194. The third-order valence-electron chi connectivity index (χ3n) is 3.14. The summed E-state index contributed by atoms with van der Waals surface area (Å²) >= 11 is 0. The third kappa shape index (κ3) is 4.27. The fourth-order valence-corrected chi connectivity index (χ4v) is 2.16. The molecule has 0 bridgehead atoms. The van der Waals surface area contributed by atoms with Crippen molar-refractivity contribution in [3.8, 4) is 11.8 Å². The van der Waals surface area contributed by atoms with Crippen LogP contribution in [0.15, 0.2) is 30.0 Å². The lowest BCUT2D eigenvalue weighted by molar-refractivity contribution is -0.117. The molecule has 0 fully saturated rings. The zero-order chi connectivity index (χ0) is 16.8. The van der Waals surface area contributed by atoms with Gasteiger partial charge in [0.2, 0.25) is 0 Å². The smallest absolute Gasteiger partial charge is 0.262 e. The molecule has 1 amide bonds. The first kappa shape index (κ1) is 16.4. The van der Waals surface area contributed by atoms with Crippen LogP contribution in [0, 0.1) is 25.2 Å². The van der Waals surface area contributed by atoms with Gasteiger partial charge < -0.3 is 5.32 Å². The highest BCUT2D eigenvalue weighted by atomic mass is 16.1. The van der Waals surface area contributed by atoms with Gasteiger partial charge in [-0.25, -0.2) is 0 Å². The predicted octanol–water partition coefficient (Wildman–Crippen LogP) is 2.32. The van der Waals surface area contributed by atoms with Crippen molar-refractivity contribution >= 4 is 12.0 Å². The lowest BCUT2D eigenvalue weighted by Crippen LogP contribution is -2.25. The Labute approximate surface area is 135 Å². The van der Waals surface area contributed by atoms with Crippen molar-refractivity contribution in [3.05, 3.63) is 46.8 Å². The summed E-state index contributed by atoms with van der Waals surface area (Å²) in [6.07, 6.45) is 3.78. The van der Waals surface area contributed by atoms with Crippen molar-refractivity contribution < 1.29 is 4.79 Å². The van der Waals surface area contributed by atoms with Crippen molar-refractivity contribution in [2.75, 3.05) is 6.54 Å². The van der Waals surface area contributed by atoms with Crippen LogP contribution in [-0.2, 0) is 4.79 Å². The second-order valence-electron chi connectivity index (χ2n) is 5.33. The van der Waals surface area contributed by atoms with Gasteiger partial charge >= 0.3 is 0 Å². The molecule has 2 aromatic rings. The average Bonchev–Trinajstić information content (AvgIpc) is 2.98. The summed E-state index contributed by atoms with van der Waals surface area (Å²) in [6.45, 7) is 6.50. The molecule has 0 spiro atoms. The van der Waals surface area contributed by atoms with E-state index in [4.69, 9.17) is 5.26 Å². The van der Waals surface area contributed by atoms with Crippen LogP contribution in [0.1, 0.15) is 30.2 Å². The van der Waals surface area contributed by atoms with E-state index >= 15 is 0 Å². The fraction of sp³-hybridized carbons (Fsp3) is 0.294. The van der Waals surface area contributed by atoms with E-state index in [1.54, 1.807) is 0 Å². The summed E-state index contributed by atoms with van der Waals surface area (Å²) in [6, 6.07) is 7.91. The number of aryl methyl sites for hydroxylation is 2. The van der Waals surface area contributed by atoms with E-state index in [1.165, 1.54) is 17.1 Å². The zero-order valence-corrected chi connectivity index (χ0v) is 13.5.